The predicted octanol–water partition coefficient (Wildman–Crippen LogP) is 1.90. The molecule has 102 valence electrons. The van der Waals surface area contributed by atoms with Gasteiger partial charge in [-0.05, 0) is 24.3 Å². The Kier molecular flexibility index (Phi) is 5.73. The second kappa shape index (κ2) is 7.31. The van der Waals surface area contributed by atoms with E-state index in [1.807, 2.05) is 6.07 Å². The molecule has 1 unspecified atom stereocenters. The summed E-state index contributed by atoms with van der Waals surface area (Å²) < 4.78 is 0. The number of nitrogens with one attached hydrogen (secondary N) is 1. The maximum absolute atomic E-state index is 10.8. The fraction of sp³-hybridized carbons (Fsp3) is 0.538. The first-order chi connectivity index (χ1) is 9.02. The van der Waals surface area contributed by atoms with Gasteiger partial charge in [0.1, 0.15) is 6.07 Å². The Labute approximate surface area is 112 Å². The SMILES string of the molecule is CC(C)CC(CNc1nnccc1C#N)CC(=O)O. The number of hydrogen-bond acceptors (Lipinski definition) is 5. The Bertz CT molecular complexity index is 468. The molecule has 0 fully saturated rings. The fourth-order valence-electron chi connectivity index (χ4n) is 1.95. The molecule has 0 aliphatic heterocycles. The third kappa shape index (κ3) is 5.34. The maximum atomic E-state index is 10.8. The second-order valence-corrected chi connectivity index (χ2v) is 4.88. The molecule has 19 heavy (non-hydrogen) atoms. The average molecular weight is 262 g/mol. The Morgan fingerprint density at radius 2 is 2.32 bits per heavy atom. The summed E-state index contributed by atoms with van der Waals surface area (Å²) in [6.07, 6.45) is 2.36. The minimum atomic E-state index is -0.813. The summed E-state index contributed by atoms with van der Waals surface area (Å²) in [4.78, 5) is 10.8. The number of nitrogens with zero attached hydrogens (tertiary/aromatic N) is 3. The maximum Gasteiger partial charge on any atom is 0.303 e. The molecule has 0 radical (unpaired) electrons. The van der Waals surface area contributed by atoms with Crippen molar-refractivity contribution >= 4 is 11.8 Å². The van der Waals surface area contributed by atoms with Crippen molar-refractivity contribution in [2.45, 2.75) is 26.7 Å². The second-order valence-electron chi connectivity index (χ2n) is 4.88. The van der Waals surface area contributed by atoms with Crippen LogP contribution in [0.2, 0.25) is 0 Å². The van der Waals surface area contributed by atoms with Gasteiger partial charge >= 0.3 is 5.97 Å². The van der Waals surface area contributed by atoms with E-state index in [0.29, 0.717) is 23.8 Å². The van der Waals surface area contributed by atoms with E-state index in [1.54, 1.807) is 6.07 Å². The first kappa shape index (κ1) is 14.9. The van der Waals surface area contributed by atoms with Crippen LogP contribution in [-0.4, -0.2) is 27.8 Å². The summed E-state index contributed by atoms with van der Waals surface area (Å²) in [6, 6.07) is 3.59. The van der Waals surface area contributed by atoms with Gasteiger partial charge in [0.25, 0.3) is 0 Å². The molecule has 0 bridgehead atoms. The van der Waals surface area contributed by atoms with Gasteiger partial charge in [0.05, 0.1) is 11.8 Å². The Hall–Kier alpha value is -2.16. The highest BCUT2D eigenvalue weighted by Crippen LogP contribution is 2.17. The van der Waals surface area contributed by atoms with E-state index in [4.69, 9.17) is 10.4 Å². The zero-order valence-electron chi connectivity index (χ0n) is 11.1. The molecule has 0 saturated carbocycles. The lowest BCUT2D eigenvalue weighted by atomic mass is 9.94. The third-order valence-electron chi connectivity index (χ3n) is 2.67. The molecule has 6 heteroatoms. The van der Waals surface area contributed by atoms with E-state index in [0.717, 1.165) is 6.42 Å². The standard InChI is InChI=1S/C13H18N4O2/c1-9(2)5-10(6-12(18)19)8-15-13-11(7-14)3-4-16-17-13/h3-4,9-10H,5-6,8H2,1-2H3,(H,15,17)(H,18,19). The van der Waals surface area contributed by atoms with Crippen molar-refractivity contribution < 1.29 is 9.90 Å². The molecule has 0 amide bonds. The van der Waals surface area contributed by atoms with Crippen molar-refractivity contribution in [3.8, 4) is 6.07 Å². The normalized spacial score (nSPS) is 11.9. The van der Waals surface area contributed by atoms with Crippen molar-refractivity contribution in [3.05, 3.63) is 17.8 Å². The molecule has 1 aromatic rings. The molecule has 1 rings (SSSR count). The lowest BCUT2D eigenvalue weighted by Crippen LogP contribution is -2.20. The number of carbonyl (C=O) groups is 1. The fourth-order valence-corrected chi connectivity index (χ4v) is 1.95. The topological polar surface area (TPSA) is 98.9 Å². The molecule has 1 heterocycles. The molecule has 1 atom stereocenters. The highest BCUT2D eigenvalue weighted by molar-refractivity contribution is 5.67. The van der Waals surface area contributed by atoms with E-state index >= 15 is 0 Å². The number of aromatic nitrogens is 2. The van der Waals surface area contributed by atoms with Gasteiger partial charge in [-0.1, -0.05) is 13.8 Å². The minimum Gasteiger partial charge on any atom is -0.481 e. The zero-order chi connectivity index (χ0) is 14.3. The summed E-state index contributed by atoms with van der Waals surface area (Å²) >= 11 is 0. The third-order valence-corrected chi connectivity index (χ3v) is 2.67. The Morgan fingerprint density at radius 3 is 2.89 bits per heavy atom. The van der Waals surface area contributed by atoms with E-state index in [-0.39, 0.29) is 12.3 Å². The number of rotatable bonds is 7. The van der Waals surface area contributed by atoms with Crippen LogP contribution in [-0.2, 0) is 4.79 Å². The molecule has 1 aromatic heterocycles. The number of anilines is 1. The van der Waals surface area contributed by atoms with Crippen molar-refractivity contribution in [1.29, 1.82) is 5.26 Å². The first-order valence-corrected chi connectivity index (χ1v) is 6.20. The van der Waals surface area contributed by atoms with Gasteiger partial charge in [-0.15, -0.1) is 5.10 Å². The highest BCUT2D eigenvalue weighted by atomic mass is 16.4. The van der Waals surface area contributed by atoms with Crippen LogP contribution in [0.15, 0.2) is 12.3 Å². The summed E-state index contributed by atoms with van der Waals surface area (Å²) in [6.45, 7) is 4.58. The lowest BCUT2D eigenvalue weighted by Gasteiger charge is -2.18. The largest absolute Gasteiger partial charge is 0.481 e. The Balaban J connectivity index is 2.65. The molecule has 0 saturated heterocycles. The molecule has 0 aliphatic carbocycles. The minimum absolute atomic E-state index is 0.00560. The van der Waals surface area contributed by atoms with Crippen LogP contribution in [0.25, 0.3) is 0 Å². The number of hydrogen-bond donors (Lipinski definition) is 2. The summed E-state index contributed by atoms with van der Waals surface area (Å²) in [5, 5.41) is 28.4. The molecule has 2 N–H and O–H groups in total. The zero-order valence-corrected chi connectivity index (χ0v) is 11.1. The first-order valence-electron chi connectivity index (χ1n) is 6.20. The van der Waals surface area contributed by atoms with Gasteiger partial charge < -0.3 is 10.4 Å². The van der Waals surface area contributed by atoms with Crippen LogP contribution in [0, 0.1) is 23.2 Å². The van der Waals surface area contributed by atoms with Gasteiger partial charge in [-0.25, -0.2) is 0 Å². The smallest absolute Gasteiger partial charge is 0.303 e. The number of aliphatic carboxylic acids is 1. The van der Waals surface area contributed by atoms with Gasteiger partial charge in [-0.3, -0.25) is 4.79 Å². The van der Waals surface area contributed by atoms with Crippen LogP contribution in [0.4, 0.5) is 5.82 Å². The molecule has 0 spiro atoms. The highest BCUT2D eigenvalue weighted by Gasteiger charge is 2.15. The van der Waals surface area contributed by atoms with Crippen molar-refractivity contribution in [3.63, 3.8) is 0 Å². The van der Waals surface area contributed by atoms with Crippen LogP contribution in [0.5, 0.6) is 0 Å². The quantitative estimate of drug-likeness (QED) is 0.778. The van der Waals surface area contributed by atoms with Crippen LogP contribution in [0.1, 0.15) is 32.3 Å². The number of carboxylic acid groups (broad SMARTS) is 1. The van der Waals surface area contributed by atoms with Crippen LogP contribution < -0.4 is 5.32 Å². The molecule has 0 aliphatic rings. The summed E-state index contributed by atoms with van der Waals surface area (Å²) in [5.74, 6) is 0.0192. The van der Waals surface area contributed by atoms with Crippen molar-refractivity contribution in [2.75, 3.05) is 11.9 Å². The lowest BCUT2D eigenvalue weighted by molar-refractivity contribution is -0.138. The van der Waals surface area contributed by atoms with Crippen molar-refractivity contribution in [1.82, 2.24) is 10.2 Å². The van der Waals surface area contributed by atoms with E-state index in [2.05, 4.69) is 29.4 Å². The predicted molar refractivity (Wildman–Crippen MR) is 70.4 cm³/mol. The van der Waals surface area contributed by atoms with E-state index in [1.165, 1.54) is 6.20 Å². The van der Waals surface area contributed by atoms with Gasteiger partial charge in [0, 0.05) is 13.0 Å². The Morgan fingerprint density at radius 1 is 1.58 bits per heavy atom. The average Bonchev–Trinajstić information content (AvgIpc) is 2.35. The molecule has 6 nitrogen and oxygen atoms in total. The number of carboxylic acids is 1. The molecule has 0 aromatic carbocycles. The van der Waals surface area contributed by atoms with Gasteiger partial charge in [0.2, 0.25) is 0 Å². The monoisotopic (exact) mass is 262 g/mol. The summed E-state index contributed by atoms with van der Waals surface area (Å²) in [7, 11) is 0. The van der Waals surface area contributed by atoms with E-state index in [9.17, 15) is 4.79 Å². The molecular formula is C13H18N4O2. The number of nitriles is 1. The summed E-state index contributed by atoms with van der Waals surface area (Å²) in [5.41, 5.74) is 0.411. The van der Waals surface area contributed by atoms with Gasteiger partial charge in [0.15, 0.2) is 5.82 Å². The van der Waals surface area contributed by atoms with Crippen molar-refractivity contribution in [2.24, 2.45) is 11.8 Å². The van der Waals surface area contributed by atoms with Gasteiger partial charge in [-0.2, -0.15) is 10.4 Å². The van der Waals surface area contributed by atoms with E-state index < -0.39 is 5.97 Å². The molecular weight excluding hydrogens is 244 g/mol. The van der Waals surface area contributed by atoms with Crippen LogP contribution in [0.3, 0.4) is 0 Å². The van der Waals surface area contributed by atoms with Crippen LogP contribution >= 0.6 is 0 Å².